The molecule has 3 amide bonds. The van der Waals surface area contributed by atoms with Crippen LogP contribution in [0.2, 0.25) is 0 Å². The summed E-state index contributed by atoms with van der Waals surface area (Å²) in [6.45, 7) is 0.356. The number of hydrogen-bond donors (Lipinski definition) is 2. The van der Waals surface area contributed by atoms with Gasteiger partial charge in [0.15, 0.2) is 5.82 Å². The Balaban J connectivity index is 1.38. The van der Waals surface area contributed by atoms with Gasteiger partial charge in [-0.25, -0.2) is 15.2 Å². The molecule has 7 heteroatoms. The molecule has 1 aliphatic heterocycles. The molecule has 23 heavy (non-hydrogen) atoms. The van der Waals surface area contributed by atoms with Gasteiger partial charge < -0.3 is 0 Å². The zero-order chi connectivity index (χ0) is 15.8. The van der Waals surface area contributed by atoms with E-state index in [0.29, 0.717) is 23.8 Å². The van der Waals surface area contributed by atoms with Crippen molar-refractivity contribution >= 4 is 17.8 Å². The zero-order valence-electron chi connectivity index (χ0n) is 12.3. The summed E-state index contributed by atoms with van der Waals surface area (Å²) in [6, 6.07) is 10.4. The fourth-order valence-electron chi connectivity index (χ4n) is 2.62. The molecule has 1 aromatic carbocycles. The third-order valence-corrected chi connectivity index (χ3v) is 3.98. The number of rotatable bonds is 3. The molecular formula is C16H15N5O2. The van der Waals surface area contributed by atoms with Crippen LogP contribution < -0.4 is 10.7 Å². The second-order valence-corrected chi connectivity index (χ2v) is 5.73. The minimum Gasteiger partial charge on any atom is -0.289 e. The first-order chi connectivity index (χ1) is 11.2. The van der Waals surface area contributed by atoms with Crippen LogP contribution in [0.5, 0.6) is 0 Å². The number of fused-ring (bicyclic) bond motifs is 1. The number of nitrogens with zero attached hydrogens (tertiary/aromatic N) is 3. The highest BCUT2D eigenvalue weighted by Crippen LogP contribution is 2.38. The van der Waals surface area contributed by atoms with Crippen LogP contribution in [0.15, 0.2) is 36.4 Å². The number of carbonyl (C=O) groups is 2. The van der Waals surface area contributed by atoms with Crippen LogP contribution in [-0.2, 0) is 6.54 Å². The first kappa shape index (κ1) is 13.7. The first-order valence-corrected chi connectivity index (χ1v) is 7.52. The maximum atomic E-state index is 12.2. The van der Waals surface area contributed by atoms with Gasteiger partial charge in [-0.15, -0.1) is 5.10 Å². The Labute approximate surface area is 132 Å². The van der Waals surface area contributed by atoms with E-state index in [4.69, 9.17) is 0 Å². The summed E-state index contributed by atoms with van der Waals surface area (Å²) in [5.74, 6) is 0.660. The van der Waals surface area contributed by atoms with Gasteiger partial charge in [0.2, 0.25) is 0 Å². The number of nitrogens with one attached hydrogen (secondary N) is 2. The Kier molecular flexibility index (Phi) is 3.18. The van der Waals surface area contributed by atoms with E-state index in [1.807, 2.05) is 18.2 Å². The van der Waals surface area contributed by atoms with Crippen molar-refractivity contribution < 1.29 is 9.59 Å². The Morgan fingerprint density at radius 2 is 1.96 bits per heavy atom. The highest BCUT2D eigenvalue weighted by Gasteiger charge is 2.28. The molecule has 2 heterocycles. The summed E-state index contributed by atoms with van der Waals surface area (Å²) >= 11 is 0. The predicted molar refractivity (Wildman–Crippen MR) is 82.5 cm³/mol. The maximum absolute atomic E-state index is 12.2. The van der Waals surface area contributed by atoms with Crippen LogP contribution in [0.1, 0.15) is 40.4 Å². The third-order valence-electron chi connectivity index (χ3n) is 3.98. The van der Waals surface area contributed by atoms with Gasteiger partial charge in [0, 0.05) is 11.5 Å². The molecular weight excluding hydrogens is 294 g/mol. The largest absolute Gasteiger partial charge is 0.339 e. The van der Waals surface area contributed by atoms with Crippen molar-refractivity contribution in [1.29, 1.82) is 0 Å². The van der Waals surface area contributed by atoms with Gasteiger partial charge in [-0.2, -0.15) is 5.10 Å². The standard InChI is InChI=1S/C16H15N5O2/c22-15-12-4-2-1-3-11(12)9-21(15)20-16(23)17-14-8-7-13(18-19-14)10-5-6-10/h1-4,7-8,10H,5-6,9H2,(H2,17,19,20,23). The molecule has 1 aliphatic carbocycles. The fraction of sp³-hybridized carbons (Fsp3) is 0.250. The van der Waals surface area contributed by atoms with E-state index in [-0.39, 0.29) is 5.91 Å². The van der Waals surface area contributed by atoms with Crippen LogP contribution in [0.3, 0.4) is 0 Å². The van der Waals surface area contributed by atoms with Gasteiger partial charge in [0.25, 0.3) is 5.91 Å². The van der Waals surface area contributed by atoms with Crippen molar-refractivity contribution in [2.75, 3.05) is 5.32 Å². The van der Waals surface area contributed by atoms with Crippen molar-refractivity contribution in [2.45, 2.75) is 25.3 Å². The number of aromatic nitrogens is 2. The lowest BCUT2D eigenvalue weighted by Gasteiger charge is -2.16. The lowest BCUT2D eigenvalue weighted by Crippen LogP contribution is -2.44. The average molecular weight is 309 g/mol. The summed E-state index contributed by atoms with van der Waals surface area (Å²) in [5.41, 5.74) is 5.01. The molecule has 116 valence electrons. The molecule has 1 fully saturated rings. The van der Waals surface area contributed by atoms with E-state index in [2.05, 4.69) is 20.9 Å². The summed E-state index contributed by atoms with van der Waals surface area (Å²) < 4.78 is 0. The number of urea groups is 1. The van der Waals surface area contributed by atoms with Crippen molar-refractivity contribution in [3.8, 4) is 0 Å². The number of hydrazine groups is 1. The Hall–Kier alpha value is -2.96. The topological polar surface area (TPSA) is 87.2 Å². The molecule has 2 aliphatic rings. The smallest absolute Gasteiger partial charge is 0.289 e. The summed E-state index contributed by atoms with van der Waals surface area (Å²) in [5, 5.41) is 12.0. The van der Waals surface area contributed by atoms with Gasteiger partial charge >= 0.3 is 6.03 Å². The summed E-state index contributed by atoms with van der Waals surface area (Å²) in [4.78, 5) is 24.2. The molecule has 1 saturated carbocycles. The number of anilines is 1. The molecule has 0 saturated heterocycles. The van der Waals surface area contributed by atoms with E-state index < -0.39 is 6.03 Å². The number of amides is 3. The van der Waals surface area contributed by atoms with Crippen molar-refractivity contribution in [2.24, 2.45) is 0 Å². The molecule has 4 rings (SSSR count). The normalized spacial score (nSPS) is 16.2. The lowest BCUT2D eigenvalue weighted by molar-refractivity contribution is 0.0713. The lowest BCUT2D eigenvalue weighted by atomic mass is 10.1. The molecule has 1 aromatic heterocycles. The molecule has 7 nitrogen and oxygen atoms in total. The number of benzene rings is 1. The molecule has 2 aromatic rings. The van der Waals surface area contributed by atoms with Gasteiger partial charge in [0.05, 0.1) is 12.2 Å². The van der Waals surface area contributed by atoms with Gasteiger partial charge in [-0.1, -0.05) is 18.2 Å². The van der Waals surface area contributed by atoms with E-state index in [9.17, 15) is 9.59 Å². The van der Waals surface area contributed by atoms with Crippen LogP contribution in [-0.4, -0.2) is 27.1 Å². The molecule has 0 unspecified atom stereocenters. The predicted octanol–water partition coefficient (Wildman–Crippen LogP) is 2.05. The SMILES string of the molecule is O=C(Nc1ccc(C2CC2)nn1)NN1Cc2ccccc2C1=O. The molecule has 0 bridgehead atoms. The molecule has 0 spiro atoms. The van der Waals surface area contributed by atoms with Crippen LogP contribution in [0.25, 0.3) is 0 Å². The first-order valence-electron chi connectivity index (χ1n) is 7.52. The van der Waals surface area contributed by atoms with E-state index in [0.717, 1.165) is 24.1 Å². The minimum absolute atomic E-state index is 0.217. The maximum Gasteiger partial charge on any atom is 0.339 e. The second-order valence-electron chi connectivity index (χ2n) is 5.73. The number of hydrogen-bond acceptors (Lipinski definition) is 4. The Morgan fingerprint density at radius 3 is 2.65 bits per heavy atom. The summed E-state index contributed by atoms with van der Waals surface area (Å²) in [7, 11) is 0. The van der Waals surface area contributed by atoms with Crippen molar-refractivity contribution in [3.05, 3.63) is 53.2 Å². The molecule has 0 radical (unpaired) electrons. The number of carbonyl (C=O) groups excluding carboxylic acids is 2. The highest BCUT2D eigenvalue weighted by atomic mass is 16.2. The van der Waals surface area contributed by atoms with Gasteiger partial charge in [-0.3, -0.25) is 10.1 Å². The molecule has 0 atom stereocenters. The zero-order valence-corrected chi connectivity index (χ0v) is 12.3. The second kappa shape index (κ2) is 5.35. The highest BCUT2D eigenvalue weighted by molar-refractivity contribution is 6.00. The van der Waals surface area contributed by atoms with Gasteiger partial charge in [-0.05, 0) is 36.6 Å². The third kappa shape index (κ3) is 2.73. The molecule has 2 N–H and O–H groups in total. The summed E-state index contributed by atoms with van der Waals surface area (Å²) in [6.07, 6.45) is 2.30. The fourth-order valence-corrected chi connectivity index (χ4v) is 2.62. The van der Waals surface area contributed by atoms with E-state index >= 15 is 0 Å². The van der Waals surface area contributed by atoms with E-state index in [1.165, 1.54) is 5.01 Å². The monoisotopic (exact) mass is 309 g/mol. The van der Waals surface area contributed by atoms with Crippen LogP contribution in [0.4, 0.5) is 10.6 Å². The minimum atomic E-state index is -0.514. The Bertz CT molecular complexity index is 770. The van der Waals surface area contributed by atoms with Crippen LogP contribution in [0, 0.1) is 0 Å². The quantitative estimate of drug-likeness (QED) is 0.908. The average Bonchev–Trinajstić information content (AvgIpc) is 3.35. The van der Waals surface area contributed by atoms with Crippen molar-refractivity contribution in [3.63, 3.8) is 0 Å². The van der Waals surface area contributed by atoms with Crippen LogP contribution >= 0.6 is 0 Å². The van der Waals surface area contributed by atoms with Crippen molar-refractivity contribution in [1.82, 2.24) is 20.6 Å². The Morgan fingerprint density at radius 1 is 1.13 bits per heavy atom. The van der Waals surface area contributed by atoms with E-state index in [1.54, 1.807) is 18.2 Å². The van der Waals surface area contributed by atoms with Gasteiger partial charge in [0.1, 0.15) is 0 Å².